The largest absolute Gasteiger partial charge is 0.456 e. The van der Waals surface area contributed by atoms with Crippen molar-refractivity contribution in [1.82, 2.24) is 4.57 Å². The van der Waals surface area contributed by atoms with Crippen molar-refractivity contribution in [2.24, 2.45) is 0 Å². The van der Waals surface area contributed by atoms with Crippen molar-refractivity contribution in [3.63, 3.8) is 0 Å². The highest BCUT2D eigenvalue weighted by atomic mass is 16.6. The molecule has 0 radical (unpaired) electrons. The van der Waals surface area contributed by atoms with Gasteiger partial charge in [0.2, 0.25) is 0 Å². The van der Waals surface area contributed by atoms with Crippen LogP contribution in [-0.2, 0) is 17.7 Å². The Hall–Kier alpha value is -1.77. The topological polar surface area (TPSA) is 31.2 Å². The number of rotatable bonds is 5. The van der Waals surface area contributed by atoms with Crippen molar-refractivity contribution in [3.05, 3.63) is 35.5 Å². The first-order valence-corrected chi connectivity index (χ1v) is 8.20. The first-order chi connectivity index (χ1) is 10.4. The van der Waals surface area contributed by atoms with Crippen molar-refractivity contribution >= 4 is 16.9 Å². The van der Waals surface area contributed by atoms with E-state index >= 15 is 0 Å². The Balaban J connectivity index is 2.39. The molecule has 2 aromatic rings. The lowest BCUT2D eigenvalue weighted by molar-refractivity contribution is 0.00697. The maximum Gasteiger partial charge on any atom is 0.338 e. The third-order valence-corrected chi connectivity index (χ3v) is 3.74. The first kappa shape index (κ1) is 16.6. The number of ether oxygens (including phenoxy) is 1. The Morgan fingerprint density at radius 1 is 1.23 bits per heavy atom. The molecule has 0 bridgehead atoms. The zero-order valence-electron chi connectivity index (χ0n) is 14.4. The van der Waals surface area contributed by atoms with Crippen LogP contribution in [0.2, 0.25) is 0 Å². The van der Waals surface area contributed by atoms with Gasteiger partial charge in [0.05, 0.1) is 5.56 Å². The second kappa shape index (κ2) is 6.55. The molecule has 0 spiro atoms. The lowest BCUT2D eigenvalue weighted by Gasteiger charge is -2.19. The highest BCUT2D eigenvalue weighted by Crippen LogP contribution is 2.25. The third kappa shape index (κ3) is 3.70. The van der Waals surface area contributed by atoms with Gasteiger partial charge < -0.3 is 9.30 Å². The molecule has 2 rings (SSSR count). The molecule has 120 valence electrons. The van der Waals surface area contributed by atoms with E-state index in [4.69, 9.17) is 4.74 Å². The number of unbranched alkanes of at least 4 members (excludes halogenated alkanes) is 1. The van der Waals surface area contributed by atoms with E-state index in [1.165, 1.54) is 23.8 Å². The van der Waals surface area contributed by atoms with E-state index in [9.17, 15) is 4.79 Å². The van der Waals surface area contributed by atoms with Crippen LogP contribution in [0.4, 0.5) is 0 Å². The van der Waals surface area contributed by atoms with Gasteiger partial charge >= 0.3 is 5.97 Å². The number of carbonyl (C=O) groups is 1. The van der Waals surface area contributed by atoms with Crippen LogP contribution in [0.5, 0.6) is 0 Å². The molecular weight excluding hydrogens is 274 g/mol. The average molecular weight is 301 g/mol. The molecule has 0 amide bonds. The summed E-state index contributed by atoms with van der Waals surface area (Å²) in [6.07, 6.45) is 5.69. The average Bonchev–Trinajstić information content (AvgIpc) is 2.80. The maximum atomic E-state index is 12.3. The number of benzene rings is 1. The van der Waals surface area contributed by atoms with E-state index in [0.29, 0.717) is 5.56 Å². The zero-order chi connectivity index (χ0) is 16.3. The molecule has 0 unspecified atom stereocenters. The molecular formula is C19H27NO2. The van der Waals surface area contributed by atoms with Crippen molar-refractivity contribution in [3.8, 4) is 0 Å². The Morgan fingerprint density at radius 3 is 2.55 bits per heavy atom. The first-order valence-electron chi connectivity index (χ1n) is 8.20. The molecule has 0 aliphatic rings. The van der Waals surface area contributed by atoms with E-state index in [0.717, 1.165) is 18.5 Å². The van der Waals surface area contributed by atoms with Crippen LogP contribution in [0.3, 0.4) is 0 Å². The molecule has 0 N–H and O–H groups in total. The lowest BCUT2D eigenvalue weighted by Crippen LogP contribution is -2.23. The highest BCUT2D eigenvalue weighted by Gasteiger charge is 2.19. The summed E-state index contributed by atoms with van der Waals surface area (Å²) in [6, 6.07) is 5.90. The summed E-state index contributed by atoms with van der Waals surface area (Å²) >= 11 is 0. The Bertz CT molecular complexity index is 662. The van der Waals surface area contributed by atoms with Crippen molar-refractivity contribution in [2.45, 2.75) is 66.0 Å². The number of aryl methyl sites for hydroxylation is 2. The summed E-state index contributed by atoms with van der Waals surface area (Å²) in [6.45, 7) is 10.9. The smallest absolute Gasteiger partial charge is 0.338 e. The second-order valence-corrected chi connectivity index (χ2v) is 6.78. The fourth-order valence-corrected chi connectivity index (χ4v) is 2.66. The number of carbonyl (C=O) groups excluding carboxylic acids is 1. The van der Waals surface area contributed by atoms with E-state index in [2.05, 4.69) is 30.7 Å². The monoisotopic (exact) mass is 301 g/mol. The van der Waals surface area contributed by atoms with Gasteiger partial charge in [-0.3, -0.25) is 0 Å². The van der Waals surface area contributed by atoms with Gasteiger partial charge in [-0.1, -0.05) is 19.4 Å². The van der Waals surface area contributed by atoms with E-state index < -0.39 is 5.60 Å². The molecule has 1 aromatic carbocycles. The van der Waals surface area contributed by atoms with Crippen molar-refractivity contribution in [1.29, 1.82) is 0 Å². The fraction of sp³-hybridized carbons (Fsp3) is 0.526. The molecule has 0 atom stereocenters. The van der Waals surface area contributed by atoms with Gasteiger partial charge in [0.25, 0.3) is 0 Å². The number of hydrogen-bond acceptors (Lipinski definition) is 2. The Labute approximate surface area is 133 Å². The SMILES string of the molecule is CCCCc1cn(CC)c2cc(C(=O)OC(C)(C)C)ccc12. The van der Waals surface area contributed by atoms with E-state index in [-0.39, 0.29) is 5.97 Å². The maximum absolute atomic E-state index is 12.3. The minimum absolute atomic E-state index is 0.256. The summed E-state index contributed by atoms with van der Waals surface area (Å²) in [4.78, 5) is 12.3. The third-order valence-electron chi connectivity index (χ3n) is 3.74. The van der Waals surface area contributed by atoms with Crippen LogP contribution in [-0.4, -0.2) is 16.1 Å². The number of aromatic nitrogens is 1. The molecule has 1 heterocycles. The molecule has 0 saturated carbocycles. The fourth-order valence-electron chi connectivity index (χ4n) is 2.66. The van der Waals surface area contributed by atoms with Gasteiger partial charge in [-0.05, 0) is 58.2 Å². The molecule has 0 saturated heterocycles. The van der Waals surface area contributed by atoms with Crippen LogP contribution in [0.25, 0.3) is 10.9 Å². The van der Waals surface area contributed by atoms with Crippen LogP contribution >= 0.6 is 0 Å². The summed E-state index contributed by atoms with van der Waals surface area (Å²) in [5.74, 6) is -0.256. The highest BCUT2D eigenvalue weighted by molar-refractivity contribution is 5.95. The quantitative estimate of drug-likeness (QED) is 0.731. The second-order valence-electron chi connectivity index (χ2n) is 6.78. The predicted molar refractivity (Wildman–Crippen MR) is 91.4 cm³/mol. The van der Waals surface area contributed by atoms with Gasteiger partial charge in [-0.15, -0.1) is 0 Å². The van der Waals surface area contributed by atoms with Crippen molar-refractivity contribution in [2.75, 3.05) is 0 Å². The summed E-state index contributed by atoms with van der Waals surface area (Å²) in [5, 5.41) is 1.25. The normalized spacial score (nSPS) is 11.9. The van der Waals surface area contributed by atoms with Crippen LogP contribution in [0.15, 0.2) is 24.4 Å². The van der Waals surface area contributed by atoms with Gasteiger partial charge in [0.1, 0.15) is 5.60 Å². The molecule has 1 aromatic heterocycles. The van der Waals surface area contributed by atoms with E-state index in [1.54, 1.807) is 0 Å². The molecule has 3 nitrogen and oxygen atoms in total. The van der Waals surface area contributed by atoms with Crippen LogP contribution < -0.4 is 0 Å². The molecule has 0 aliphatic heterocycles. The number of nitrogens with zero attached hydrogens (tertiary/aromatic N) is 1. The lowest BCUT2D eigenvalue weighted by atomic mass is 10.1. The number of esters is 1. The minimum Gasteiger partial charge on any atom is -0.456 e. The minimum atomic E-state index is -0.467. The van der Waals surface area contributed by atoms with Crippen LogP contribution in [0.1, 0.15) is 63.4 Å². The summed E-state index contributed by atoms with van der Waals surface area (Å²) in [5.41, 5.74) is 2.65. The summed E-state index contributed by atoms with van der Waals surface area (Å²) in [7, 11) is 0. The molecule has 0 fully saturated rings. The summed E-state index contributed by atoms with van der Waals surface area (Å²) < 4.78 is 7.69. The number of fused-ring (bicyclic) bond motifs is 1. The Morgan fingerprint density at radius 2 is 1.95 bits per heavy atom. The molecule has 22 heavy (non-hydrogen) atoms. The Kier molecular flexibility index (Phi) is 4.94. The zero-order valence-corrected chi connectivity index (χ0v) is 14.4. The predicted octanol–water partition coefficient (Wildman–Crippen LogP) is 4.96. The van der Waals surface area contributed by atoms with Gasteiger partial charge in [-0.25, -0.2) is 4.79 Å². The van der Waals surface area contributed by atoms with Crippen LogP contribution in [0, 0.1) is 0 Å². The molecule has 3 heteroatoms. The number of hydrogen-bond donors (Lipinski definition) is 0. The van der Waals surface area contributed by atoms with E-state index in [1.807, 2.05) is 32.9 Å². The standard InChI is InChI=1S/C19H27NO2/c1-6-8-9-15-13-20(7-2)17-12-14(10-11-16(15)17)18(21)22-19(3,4)5/h10-13H,6-9H2,1-5H3. The molecule has 0 aliphatic carbocycles. The van der Waals surface area contributed by atoms with Crippen molar-refractivity contribution < 1.29 is 9.53 Å². The van der Waals surface area contributed by atoms with Gasteiger partial charge in [0.15, 0.2) is 0 Å². The van der Waals surface area contributed by atoms with Gasteiger partial charge in [-0.2, -0.15) is 0 Å². The van der Waals surface area contributed by atoms with Gasteiger partial charge in [0, 0.05) is 23.6 Å².